The molecule has 0 fully saturated rings. The zero-order valence-corrected chi connectivity index (χ0v) is 26.0. The number of hydrogen-bond donors (Lipinski definition) is 0. The molecule has 46 heavy (non-hydrogen) atoms. The van der Waals surface area contributed by atoms with Gasteiger partial charge in [0, 0.05) is 22.5 Å². The highest BCUT2D eigenvalue weighted by atomic mass is 15.1. The second kappa shape index (κ2) is 10.2. The van der Waals surface area contributed by atoms with Gasteiger partial charge in [-0.3, -0.25) is 0 Å². The first-order chi connectivity index (χ1) is 22.6. The van der Waals surface area contributed by atoms with Crippen LogP contribution in [0, 0.1) is 0 Å². The summed E-state index contributed by atoms with van der Waals surface area (Å²) in [6.45, 7) is 4.69. The lowest BCUT2D eigenvalue weighted by molar-refractivity contribution is 0.660. The van der Waals surface area contributed by atoms with Crippen molar-refractivity contribution < 1.29 is 0 Å². The number of benzene rings is 8. The molecular weight excluding hydrogens is 555 g/mol. The molecule has 0 heterocycles. The Labute approximate surface area is 270 Å². The highest BCUT2D eigenvalue weighted by Crippen LogP contribution is 2.50. The lowest BCUT2D eigenvalue weighted by Gasteiger charge is -2.28. The quantitative estimate of drug-likeness (QED) is 0.185. The average Bonchev–Trinajstić information content (AvgIpc) is 3.34. The van der Waals surface area contributed by atoms with Gasteiger partial charge in [0.25, 0.3) is 0 Å². The Morgan fingerprint density at radius 3 is 1.83 bits per heavy atom. The molecule has 0 aromatic heterocycles. The van der Waals surface area contributed by atoms with E-state index in [4.69, 9.17) is 0 Å². The maximum atomic E-state index is 2.40. The van der Waals surface area contributed by atoms with Crippen molar-refractivity contribution in [3.05, 3.63) is 175 Å². The van der Waals surface area contributed by atoms with Gasteiger partial charge < -0.3 is 4.90 Å². The van der Waals surface area contributed by atoms with Crippen LogP contribution in [0.1, 0.15) is 25.0 Å². The minimum Gasteiger partial charge on any atom is -0.310 e. The molecule has 0 saturated heterocycles. The summed E-state index contributed by atoms with van der Waals surface area (Å²) in [5.74, 6) is 0. The Morgan fingerprint density at radius 1 is 0.391 bits per heavy atom. The van der Waals surface area contributed by atoms with Gasteiger partial charge in [0.1, 0.15) is 0 Å². The second-order valence-electron chi connectivity index (χ2n) is 13.0. The molecule has 1 heteroatoms. The maximum absolute atomic E-state index is 2.40. The van der Waals surface area contributed by atoms with Crippen LogP contribution in [0.5, 0.6) is 0 Å². The van der Waals surface area contributed by atoms with E-state index in [-0.39, 0.29) is 5.41 Å². The van der Waals surface area contributed by atoms with Crippen molar-refractivity contribution in [1.29, 1.82) is 0 Å². The number of fused-ring (bicyclic) bond motifs is 8. The Hall–Kier alpha value is -5.66. The number of nitrogens with zero attached hydrogens (tertiary/aromatic N) is 1. The van der Waals surface area contributed by atoms with Crippen LogP contribution in [0.15, 0.2) is 164 Å². The molecule has 0 saturated carbocycles. The van der Waals surface area contributed by atoms with E-state index >= 15 is 0 Å². The number of rotatable bonds is 4. The molecule has 9 rings (SSSR count). The van der Waals surface area contributed by atoms with Gasteiger partial charge in [0.05, 0.1) is 0 Å². The van der Waals surface area contributed by atoms with Crippen molar-refractivity contribution >= 4 is 49.4 Å². The fraction of sp³-hybridized carbons (Fsp3) is 0.0667. The topological polar surface area (TPSA) is 3.24 Å². The summed E-state index contributed by atoms with van der Waals surface area (Å²) < 4.78 is 0. The molecule has 1 aliphatic rings. The molecule has 1 nitrogen and oxygen atoms in total. The molecule has 8 aromatic carbocycles. The predicted molar refractivity (Wildman–Crippen MR) is 197 cm³/mol. The minimum absolute atomic E-state index is 0.0589. The normalized spacial score (nSPS) is 13.2. The number of hydrogen-bond acceptors (Lipinski definition) is 1. The lowest BCUT2D eigenvalue weighted by atomic mass is 9.82. The zero-order valence-electron chi connectivity index (χ0n) is 26.0. The van der Waals surface area contributed by atoms with Crippen LogP contribution in [0.3, 0.4) is 0 Å². The summed E-state index contributed by atoms with van der Waals surface area (Å²) in [4.78, 5) is 2.38. The predicted octanol–water partition coefficient (Wildman–Crippen LogP) is 12.6. The van der Waals surface area contributed by atoms with Crippen molar-refractivity contribution in [1.82, 2.24) is 0 Å². The molecule has 1 aliphatic carbocycles. The summed E-state index contributed by atoms with van der Waals surface area (Å²) in [5.41, 5.74) is 11.3. The van der Waals surface area contributed by atoms with Gasteiger partial charge in [-0.1, -0.05) is 135 Å². The first-order valence-electron chi connectivity index (χ1n) is 16.1. The third-order valence-electron chi connectivity index (χ3n) is 10.0. The Kier molecular flexibility index (Phi) is 5.92. The molecule has 0 spiro atoms. The first-order valence-corrected chi connectivity index (χ1v) is 16.1. The molecule has 0 N–H and O–H groups in total. The molecule has 0 atom stereocenters. The van der Waals surface area contributed by atoms with Crippen LogP contribution in [-0.4, -0.2) is 0 Å². The van der Waals surface area contributed by atoms with Crippen molar-refractivity contribution in [2.24, 2.45) is 0 Å². The van der Waals surface area contributed by atoms with Gasteiger partial charge in [-0.15, -0.1) is 0 Å². The first kappa shape index (κ1) is 26.7. The Morgan fingerprint density at radius 2 is 1.00 bits per heavy atom. The van der Waals surface area contributed by atoms with Crippen LogP contribution in [0.25, 0.3) is 54.6 Å². The average molecular weight is 588 g/mol. The zero-order chi connectivity index (χ0) is 30.8. The summed E-state index contributed by atoms with van der Waals surface area (Å²) in [6, 6.07) is 60.1. The fourth-order valence-corrected chi connectivity index (χ4v) is 7.76. The van der Waals surface area contributed by atoms with E-state index < -0.39 is 0 Å². The maximum Gasteiger partial charge on any atom is 0.0465 e. The number of anilines is 3. The van der Waals surface area contributed by atoms with Crippen LogP contribution in [0.4, 0.5) is 17.1 Å². The summed E-state index contributed by atoms with van der Waals surface area (Å²) in [6.07, 6.45) is 0. The van der Waals surface area contributed by atoms with Gasteiger partial charge in [-0.05, 0) is 108 Å². The van der Waals surface area contributed by atoms with Gasteiger partial charge in [0.2, 0.25) is 0 Å². The van der Waals surface area contributed by atoms with Crippen LogP contribution in [0.2, 0.25) is 0 Å². The van der Waals surface area contributed by atoms with E-state index in [2.05, 4.69) is 183 Å². The monoisotopic (exact) mass is 587 g/mol. The van der Waals surface area contributed by atoms with Crippen LogP contribution >= 0.6 is 0 Å². The van der Waals surface area contributed by atoms with Crippen molar-refractivity contribution in [2.45, 2.75) is 19.3 Å². The van der Waals surface area contributed by atoms with Gasteiger partial charge >= 0.3 is 0 Å². The van der Waals surface area contributed by atoms with E-state index in [9.17, 15) is 0 Å². The Bertz CT molecular complexity index is 2430. The molecule has 8 aromatic rings. The molecule has 0 unspecified atom stereocenters. The van der Waals surface area contributed by atoms with Crippen molar-refractivity contribution in [2.75, 3.05) is 4.90 Å². The highest BCUT2D eigenvalue weighted by molar-refractivity contribution is 6.23. The highest BCUT2D eigenvalue weighted by Gasteiger charge is 2.35. The second-order valence-corrected chi connectivity index (χ2v) is 13.0. The van der Waals surface area contributed by atoms with E-state index in [0.717, 1.165) is 11.4 Å². The smallest absolute Gasteiger partial charge is 0.0465 e. The van der Waals surface area contributed by atoms with Crippen LogP contribution < -0.4 is 4.90 Å². The molecule has 218 valence electrons. The molecule has 0 aliphatic heterocycles. The molecular formula is C45H33N. The van der Waals surface area contributed by atoms with Crippen molar-refractivity contribution in [3.63, 3.8) is 0 Å². The van der Waals surface area contributed by atoms with E-state index in [1.54, 1.807) is 0 Å². The van der Waals surface area contributed by atoms with Gasteiger partial charge in [-0.25, -0.2) is 0 Å². The third kappa shape index (κ3) is 4.02. The van der Waals surface area contributed by atoms with Crippen LogP contribution in [-0.2, 0) is 5.41 Å². The number of para-hydroxylation sites is 1. The molecule has 0 bridgehead atoms. The van der Waals surface area contributed by atoms with Gasteiger partial charge in [0.15, 0.2) is 0 Å². The summed E-state index contributed by atoms with van der Waals surface area (Å²) >= 11 is 0. The lowest BCUT2D eigenvalue weighted by Crippen LogP contribution is -2.16. The van der Waals surface area contributed by atoms with E-state index in [1.807, 2.05) is 0 Å². The SMILES string of the molecule is CC1(C)c2ccccc2-c2ccc(N(c3ccccc3)c3ccc(-c4cc5ccc6ccccc6c5c5ccccc45)cc3)cc21. The summed E-state index contributed by atoms with van der Waals surface area (Å²) in [5, 5.41) is 7.74. The van der Waals surface area contributed by atoms with E-state index in [1.165, 1.54) is 71.4 Å². The fourth-order valence-electron chi connectivity index (χ4n) is 7.76. The largest absolute Gasteiger partial charge is 0.310 e. The van der Waals surface area contributed by atoms with E-state index in [0.29, 0.717) is 0 Å². The Balaban J connectivity index is 1.18. The molecule has 0 radical (unpaired) electrons. The standard InChI is InChI=1S/C45H33N/c1-45(2)42-19-11-10-17-38(42)39-27-26-35(29-43(39)45)46(33-13-4-3-5-14-33)34-24-22-31(23-25-34)41-28-32-21-20-30-12-6-7-15-36(30)44(32)40-18-9-8-16-37(40)41/h3-29H,1-2H3. The third-order valence-corrected chi connectivity index (χ3v) is 10.0. The van der Waals surface area contributed by atoms with Gasteiger partial charge in [-0.2, -0.15) is 0 Å². The summed E-state index contributed by atoms with van der Waals surface area (Å²) in [7, 11) is 0. The minimum atomic E-state index is -0.0589. The van der Waals surface area contributed by atoms with Crippen molar-refractivity contribution in [3.8, 4) is 22.3 Å². The molecule has 0 amide bonds.